The molecule has 0 aliphatic carbocycles. The number of nitrogens with zero attached hydrogens (tertiary/aromatic N) is 1. The molecule has 3 rings (SSSR count). The predicted octanol–water partition coefficient (Wildman–Crippen LogP) is 5.68. The Labute approximate surface area is 204 Å². The average Bonchev–Trinajstić information content (AvgIpc) is 3.06. The van der Waals surface area contributed by atoms with E-state index >= 15 is 0 Å². The van der Waals surface area contributed by atoms with Crippen LogP contribution in [-0.2, 0) is 4.79 Å². The van der Waals surface area contributed by atoms with Gasteiger partial charge in [-0.3, -0.25) is 15.0 Å². The van der Waals surface area contributed by atoms with Crippen LogP contribution in [0.5, 0.6) is 11.5 Å². The lowest BCUT2D eigenvalue weighted by Crippen LogP contribution is -2.44. The Balaban J connectivity index is 1.53. The highest BCUT2D eigenvalue weighted by atomic mass is 32.2. The third-order valence-corrected chi connectivity index (χ3v) is 6.36. The minimum absolute atomic E-state index is 0.0349. The molecule has 2 amide bonds. The van der Waals surface area contributed by atoms with Crippen LogP contribution in [0.15, 0.2) is 53.4 Å². The number of benzene rings is 2. The standard InChI is InChI=1S/C25H28N2O4S2/c1-2-3-4-5-6-7-15-31-21-13-11-18(12-14-21)16-22-24(30)27(25(32)33-22)26-23(29)19-9-8-10-20(28)17-19/h8-14,16-17,28H,2-7,15H2,1H3,(H,26,29)/b22-16-. The van der Waals surface area contributed by atoms with Crippen molar-refractivity contribution in [3.05, 3.63) is 64.6 Å². The molecule has 1 fully saturated rings. The van der Waals surface area contributed by atoms with Crippen LogP contribution in [0.3, 0.4) is 0 Å². The van der Waals surface area contributed by atoms with Gasteiger partial charge in [-0.15, -0.1) is 0 Å². The molecule has 0 aromatic heterocycles. The predicted molar refractivity (Wildman–Crippen MR) is 136 cm³/mol. The third kappa shape index (κ3) is 7.33. The molecule has 8 heteroatoms. The maximum atomic E-state index is 12.8. The molecule has 1 saturated heterocycles. The molecule has 0 bridgehead atoms. The molecule has 2 aromatic rings. The zero-order valence-electron chi connectivity index (χ0n) is 18.6. The van der Waals surface area contributed by atoms with Crippen molar-refractivity contribution < 1.29 is 19.4 Å². The number of nitrogens with one attached hydrogen (secondary N) is 1. The summed E-state index contributed by atoms with van der Waals surface area (Å²) in [4.78, 5) is 25.6. The summed E-state index contributed by atoms with van der Waals surface area (Å²) >= 11 is 6.38. The molecule has 0 radical (unpaired) electrons. The van der Waals surface area contributed by atoms with Gasteiger partial charge in [0, 0.05) is 5.56 Å². The number of unbranched alkanes of at least 4 members (excludes halogenated alkanes) is 5. The van der Waals surface area contributed by atoms with Gasteiger partial charge >= 0.3 is 0 Å². The molecule has 0 spiro atoms. The summed E-state index contributed by atoms with van der Waals surface area (Å²) in [5.41, 5.74) is 3.56. The van der Waals surface area contributed by atoms with Crippen LogP contribution in [0.4, 0.5) is 0 Å². The van der Waals surface area contributed by atoms with E-state index in [0.29, 0.717) is 11.5 Å². The van der Waals surface area contributed by atoms with Crippen molar-refractivity contribution >= 4 is 46.2 Å². The van der Waals surface area contributed by atoms with Gasteiger partial charge in [-0.25, -0.2) is 0 Å². The first-order chi connectivity index (χ1) is 16.0. The highest BCUT2D eigenvalue weighted by Gasteiger charge is 2.33. The van der Waals surface area contributed by atoms with E-state index in [0.717, 1.165) is 34.5 Å². The summed E-state index contributed by atoms with van der Waals surface area (Å²) < 4.78 is 6.03. The van der Waals surface area contributed by atoms with Crippen LogP contribution in [0.1, 0.15) is 61.4 Å². The second-order valence-electron chi connectivity index (χ2n) is 7.69. The Morgan fingerprint density at radius 3 is 2.58 bits per heavy atom. The average molecular weight is 485 g/mol. The molecule has 2 aromatic carbocycles. The number of hydrazine groups is 1. The fraction of sp³-hybridized carbons (Fsp3) is 0.320. The largest absolute Gasteiger partial charge is 0.508 e. The first-order valence-corrected chi connectivity index (χ1v) is 12.3. The molecule has 2 N–H and O–H groups in total. The van der Waals surface area contributed by atoms with E-state index in [1.807, 2.05) is 24.3 Å². The van der Waals surface area contributed by atoms with Gasteiger partial charge in [-0.2, -0.15) is 5.01 Å². The van der Waals surface area contributed by atoms with Crippen molar-refractivity contribution in [1.29, 1.82) is 0 Å². The summed E-state index contributed by atoms with van der Waals surface area (Å²) in [5, 5.41) is 10.6. The highest BCUT2D eigenvalue weighted by Crippen LogP contribution is 2.31. The van der Waals surface area contributed by atoms with Gasteiger partial charge in [0.25, 0.3) is 11.8 Å². The molecule has 33 heavy (non-hydrogen) atoms. The number of aromatic hydroxyl groups is 1. The summed E-state index contributed by atoms with van der Waals surface area (Å²) in [6, 6.07) is 13.4. The molecule has 1 heterocycles. The number of hydrogen-bond donors (Lipinski definition) is 2. The number of amides is 2. The van der Waals surface area contributed by atoms with E-state index in [9.17, 15) is 14.7 Å². The van der Waals surface area contributed by atoms with Gasteiger partial charge in [-0.1, -0.05) is 69.0 Å². The number of hydrogen-bond acceptors (Lipinski definition) is 6. The summed E-state index contributed by atoms with van der Waals surface area (Å²) in [5.74, 6) is -0.170. The van der Waals surface area contributed by atoms with Crippen molar-refractivity contribution in [2.75, 3.05) is 6.61 Å². The number of phenolic OH excluding ortho intramolecular Hbond substituents is 1. The Hall–Kier alpha value is -2.84. The zero-order chi connectivity index (χ0) is 23.6. The molecular weight excluding hydrogens is 456 g/mol. The SMILES string of the molecule is CCCCCCCCOc1ccc(/C=C2\SC(=S)N(NC(=O)c3cccc(O)c3)C2=O)cc1. The summed E-state index contributed by atoms with van der Waals surface area (Å²) in [6.45, 7) is 2.91. The second kappa shape index (κ2) is 12.4. The monoisotopic (exact) mass is 484 g/mol. The van der Waals surface area contributed by atoms with E-state index in [1.165, 1.54) is 44.2 Å². The smallest absolute Gasteiger partial charge is 0.285 e. The third-order valence-electron chi connectivity index (χ3n) is 5.06. The Morgan fingerprint density at radius 1 is 1.12 bits per heavy atom. The maximum Gasteiger partial charge on any atom is 0.285 e. The number of carbonyl (C=O) groups is 2. The van der Waals surface area contributed by atoms with Crippen molar-refractivity contribution in [1.82, 2.24) is 10.4 Å². The Kier molecular flexibility index (Phi) is 9.33. The van der Waals surface area contributed by atoms with Crippen LogP contribution in [0.2, 0.25) is 0 Å². The van der Waals surface area contributed by atoms with E-state index in [-0.39, 0.29) is 15.6 Å². The van der Waals surface area contributed by atoms with Crippen LogP contribution in [-0.4, -0.2) is 32.9 Å². The molecule has 1 aliphatic heterocycles. The van der Waals surface area contributed by atoms with Crippen molar-refractivity contribution in [3.63, 3.8) is 0 Å². The van der Waals surface area contributed by atoms with Crippen LogP contribution in [0, 0.1) is 0 Å². The van der Waals surface area contributed by atoms with E-state index in [2.05, 4.69) is 12.3 Å². The van der Waals surface area contributed by atoms with Gasteiger partial charge in [0.1, 0.15) is 11.5 Å². The number of rotatable bonds is 11. The van der Waals surface area contributed by atoms with Gasteiger partial charge in [0.15, 0.2) is 4.32 Å². The number of thioether (sulfide) groups is 1. The zero-order valence-corrected chi connectivity index (χ0v) is 20.2. The number of phenols is 1. The number of thiocarbonyl (C=S) groups is 1. The summed E-state index contributed by atoms with van der Waals surface area (Å²) in [6.07, 6.45) is 9.05. The molecule has 6 nitrogen and oxygen atoms in total. The lowest BCUT2D eigenvalue weighted by Gasteiger charge is -2.15. The topological polar surface area (TPSA) is 78.9 Å². The van der Waals surface area contributed by atoms with Gasteiger partial charge in [-0.05, 0) is 60.6 Å². The van der Waals surface area contributed by atoms with Crippen LogP contribution < -0.4 is 10.2 Å². The van der Waals surface area contributed by atoms with Crippen LogP contribution in [0.25, 0.3) is 6.08 Å². The molecule has 174 valence electrons. The number of carbonyl (C=O) groups excluding carboxylic acids is 2. The normalized spacial score (nSPS) is 14.7. The lowest BCUT2D eigenvalue weighted by molar-refractivity contribution is -0.123. The van der Waals surface area contributed by atoms with E-state index < -0.39 is 11.8 Å². The molecular formula is C25H28N2O4S2. The fourth-order valence-corrected chi connectivity index (χ4v) is 4.44. The highest BCUT2D eigenvalue weighted by molar-refractivity contribution is 8.26. The Bertz CT molecular complexity index is 1020. The van der Waals surface area contributed by atoms with Crippen LogP contribution >= 0.6 is 24.0 Å². The number of ether oxygens (including phenoxy) is 1. The minimum Gasteiger partial charge on any atom is -0.508 e. The fourth-order valence-electron chi connectivity index (χ4n) is 3.26. The second-order valence-corrected chi connectivity index (χ2v) is 9.37. The first kappa shape index (κ1) is 24.8. The quantitative estimate of drug-likeness (QED) is 0.243. The van der Waals surface area contributed by atoms with E-state index in [4.69, 9.17) is 17.0 Å². The van der Waals surface area contributed by atoms with Crippen molar-refractivity contribution in [2.45, 2.75) is 45.4 Å². The van der Waals surface area contributed by atoms with Gasteiger partial charge in [0.2, 0.25) is 0 Å². The lowest BCUT2D eigenvalue weighted by atomic mass is 10.1. The Morgan fingerprint density at radius 2 is 1.85 bits per heavy atom. The molecule has 1 aliphatic rings. The molecule has 0 unspecified atom stereocenters. The van der Waals surface area contributed by atoms with Gasteiger partial charge < -0.3 is 9.84 Å². The summed E-state index contributed by atoms with van der Waals surface area (Å²) in [7, 11) is 0. The van der Waals surface area contributed by atoms with E-state index in [1.54, 1.807) is 18.2 Å². The maximum absolute atomic E-state index is 12.8. The minimum atomic E-state index is -0.532. The van der Waals surface area contributed by atoms with Crippen molar-refractivity contribution in [3.8, 4) is 11.5 Å². The van der Waals surface area contributed by atoms with Gasteiger partial charge in [0.05, 0.1) is 11.5 Å². The molecule has 0 atom stereocenters. The van der Waals surface area contributed by atoms with Crippen molar-refractivity contribution in [2.24, 2.45) is 0 Å². The molecule has 0 saturated carbocycles. The first-order valence-electron chi connectivity index (χ1n) is 11.1.